The van der Waals surface area contributed by atoms with Gasteiger partial charge in [-0.1, -0.05) is 0 Å². The van der Waals surface area contributed by atoms with Gasteiger partial charge >= 0.3 is 5.69 Å². The summed E-state index contributed by atoms with van der Waals surface area (Å²) in [5.41, 5.74) is -0.912. The molecule has 2 rings (SSSR count). The largest absolute Gasteiger partial charge is 0.394 e. The Morgan fingerprint density at radius 2 is 2.41 bits per heavy atom. The van der Waals surface area contributed by atoms with Gasteiger partial charge in [0.05, 0.1) is 12.7 Å². The minimum atomic E-state index is -0.485. The van der Waals surface area contributed by atoms with E-state index in [1.165, 1.54) is 16.8 Å². The van der Waals surface area contributed by atoms with Gasteiger partial charge in [-0.25, -0.2) is 4.79 Å². The lowest BCUT2D eigenvalue weighted by molar-refractivity contribution is -0.0237. The molecule has 1 fully saturated rings. The van der Waals surface area contributed by atoms with E-state index in [0.717, 1.165) is 0 Å². The minimum Gasteiger partial charge on any atom is -0.394 e. The predicted octanol–water partition coefficient (Wildman–Crippen LogP) is -0.452. The second-order valence-electron chi connectivity index (χ2n) is 3.84. The van der Waals surface area contributed by atoms with Crippen LogP contribution in [0, 0.1) is 0 Å². The van der Waals surface area contributed by atoms with Gasteiger partial charge in [0, 0.05) is 23.9 Å². The number of aromatic nitrogens is 2. The van der Waals surface area contributed by atoms with Crippen molar-refractivity contribution in [3.05, 3.63) is 33.1 Å². The molecule has 1 aliphatic rings. The predicted molar refractivity (Wildman–Crippen MR) is 64.2 cm³/mol. The zero-order valence-electron chi connectivity index (χ0n) is 9.33. The van der Waals surface area contributed by atoms with Crippen LogP contribution in [-0.4, -0.2) is 38.9 Å². The number of H-pyrrole nitrogens is 1. The van der Waals surface area contributed by atoms with Crippen LogP contribution in [0.1, 0.15) is 12.6 Å². The highest BCUT2D eigenvalue weighted by Crippen LogP contribution is 2.33. The van der Waals surface area contributed by atoms with Gasteiger partial charge in [-0.2, -0.15) is 11.8 Å². The summed E-state index contributed by atoms with van der Waals surface area (Å²) < 4.78 is 6.94. The third-order valence-corrected chi connectivity index (χ3v) is 3.93. The van der Waals surface area contributed by atoms with Gasteiger partial charge in [0.2, 0.25) is 0 Å². The van der Waals surface area contributed by atoms with Crippen LogP contribution >= 0.6 is 11.8 Å². The zero-order valence-corrected chi connectivity index (χ0v) is 10.1. The summed E-state index contributed by atoms with van der Waals surface area (Å²) in [5, 5.41) is 9.32. The topological polar surface area (TPSA) is 84.3 Å². The van der Waals surface area contributed by atoms with Crippen molar-refractivity contribution in [1.82, 2.24) is 9.55 Å². The maximum absolute atomic E-state index is 11.6. The highest BCUT2D eigenvalue weighted by atomic mass is 32.2. The molecular formula is C10H14N2O4S. The first kappa shape index (κ1) is 12.4. The maximum atomic E-state index is 11.6. The smallest absolute Gasteiger partial charge is 0.330 e. The van der Waals surface area contributed by atoms with Crippen molar-refractivity contribution in [2.45, 2.75) is 24.0 Å². The van der Waals surface area contributed by atoms with Gasteiger partial charge in [0.25, 0.3) is 5.56 Å². The standard InChI is InChI=1S/C10H14N2O4S/c1-17-7-4-9(16-6(7)5-13)12-3-2-8(14)11-10(12)15/h2-3,6-7,9,13H,4-5H2,1H3,(H,11,14,15)/t6-,7+,9-/m1/s1. The Balaban J connectivity index is 2.25. The average molecular weight is 258 g/mol. The molecule has 6 nitrogen and oxygen atoms in total. The van der Waals surface area contributed by atoms with Gasteiger partial charge in [0.15, 0.2) is 0 Å². The summed E-state index contributed by atoms with van der Waals surface area (Å²) in [6.07, 6.45) is 3.30. The first-order chi connectivity index (χ1) is 8.15. The number of nitrogens with zero attached hydrogens (tertiary/aromatic N) is 1. The van der Waals surface area contributed by atoms with Crippen LogP contribution in [0.4, 0.5) is 0 Å². The van der Waals surface area contributed by atoms with Crippen molar-refractivity contribution in [2.75, 3.05) is 12.9 Å². The molecule has 3 atom stereocenters. The Hall–Kier alpha value is -1.05. The number of thioether (sulfide) groups is 1. The molecular weight excluding hydrogens is 244 g/mol. The molecule has 0 bridgehead atoms. The number of hydrogen-bond acceptors (Lipinski definition) is 5. The molecule has 0 aliphatic carbocycles. The molecule has 0 amide bonds. The van der Waals surface area contributed by atoms with E-state index >= 15 is 0 Å². The molecule has 0 spiro atoms. The molecule has 2 heterocycles. The second kappa shape index (κ2) is 5.07. The lowest BCUT2D eigenvalue weighted by atomic mass is 10.2. The lowest BCUT2D eigenvalue weighted by Gasteiger charge is -2.14. The van der Waals surface area contributed by atoms with Gasteiger partial charge in [0.1, 0.15) is 6.23 Å². The SMILES string of the molecule is CS[C@H]1C[C@H](n2ccc(=O)[nH]c2=O)O[C@@H]1CO. The molecule has 0 aromatic carbocycles. The summed E-state index contributed by atoms with van der Waals surface area (Å²) >= 11 is 1.60. The van der Waals surface area contributed by atoms with Crippen molar-refractivity contribution in [1.29, 1.82) is 0 Å². The fourth-order valence-electron chi connectivity index (χ4n) is 1.94. The van der Waals surface area contributed by atoms with E-state index in [1.807, 2.05) is 6.26 Å². The number of nitrogens with one attached hydrogen (secondary N) is 1. The van der Waals surface area contributed by atoms with Crippen LogP contribution in [0.5, 0.6) is 0 Å². The molecule has 1 saturated heterocycles. The lowest BCUT2D eigenvalue weighted by Crippen LogP contribution is -2.31. The third-order valence-electron chi connectivity index (χ3n) is 2.82. The maximum Gasteiger partial charge on any atom is 0.330 e. The van der Waals surface area contributed by atoms with Crippen molar-refractivity contribution in [3.8, 4) is 0 Å². The summed E-state index contributed by atoms with van der Waals surface area (Å²) in [6.45, 7) is -0.0693. The molecule has 7 heteroatoms. The molecule has 0 saturated carbocycles. The Kier molecular flexibility index (Phi) is 3.70. The van der Waals surface area contributed by atoms with E-state index in [-0.39, 0.29) is 18.0 Å². The monoisotopic (exact) mass is 258 g/mol. The molecule has 0 unspecified atom stereocenters. The van der Waals surface area contributed by atoms with Crippen LogP contribution in [0.15, 0.2) is 21.9 Å². The summed E-state index contributed by atoms with van der Waals surface area (Å²) in [5.74, 6) is 0. The number of rotatable bonds is 3. The highest BCUT2D eigenvalue weighted by Gasteiger charge is 2.35. The Morgan fingerprint density at radius 1 is 1.65 bits per heavy atom. The number of hydrogen-bond donors (Lipinski definition) is 2. The number of aliphatic hydroxyl groups excluding tert-OH is 1. The van der Waals surface area contributed by atoms with Gasteiger partial charge in [-0.15, -0.1) is 0 Å². The molecule has 1 aromatic heterocycles. The van der Waals surface area contributed by atoms with E-state index < -0.39 is 17.5 Å². The molecule has 94 valence electrons. The fraction of sp³-hybridized carbons (Fsp3) is 0.600. The fourth-order valence-corrected chi connectivity index (χ4v) is 2.75. The van der Waals surface area contributed by atoms with E-state index in [4.69, 9.17) is 9.84 Å². The van der Waals surface area contributed by atoms with Crippen LogP contribution in [0.3, 0.4) is 0 Å². The van der Waals surface area contributed by atoms with E-state index in [1.54, 1.807) is 11.8 Å². The van der Waals surface area contributed by atoms with Gasteiger partial charge in [-0.05, 0) is 6.26 Å². The van der Waals surface area contributed by atoms with Crippen molar-refractivity contribution in [3.63, 3.8) is 0 Å². The Labute approximate surface area is 102 Å². The zero-order chi connectivity index (χ0) is 12.4. The average Bonchev–Trinajstić information content (AvgIpc) is 2.72. The van der Waals surface area contributed by atoms with E-state index in [2.05, 4.69) is 4.98 Å². The second-order valence-corrected chi connectivity index (χ2v) is 4.92. The summed E-state index contributed by atoms with van der Waals surface area (Å²) in [4.78, 5) is 24.7. The minimum absolute atomic E-state index is 0.0693. The molecule has 17 heavy (non-hydrogen) atoms. The van der Waals surface area contributed by atoms with E-state index in [9.17, 15) is 9.59 Å². The molecule has 2 N–H and O–H groups in total. The quantitative estimate of drug-likeness (QED) is 0.767. The van der Waals surface area contributed by atoms with Crippen molar-refractivity contribution >= 4 is 11.8 Å². The highest BCUT2D eigenvalue weighted by molar-refractivity contribution is 7.99. The number of ether oxygens (including phenoxy) is 1. The first-order valence-corrected chi connectivity index (χ1v) is 6.55. The van der Waals surface area contributed by atoms with Gasteiger partial charge < -0.3 is 9.84 Å². The van der Waals surface area contributed by atoms with Crippen molar-refractivity contribution < 1.29 is 9.84 Å². The van der Waals surface area contributed by atoms with E-state index in [0.29, 0.717) is 6.42 Å². The van der Waals surface area contributed by atoms with Gasteiger partial charge in [-0.3, -0.25) is 14.3 Å². The number of aromatic amines is 1. The van der Waals surface area contributed by atoms with Crippen LogP contribution < -0.4 is 11.2 Å². The normalized spacial score (nSPS) is 28.5. The third kappa shape index (κ3) is 2.46. The summed E-state index contributed by atoms with van der Waals surface area (Å²) in [6, 6.07) is 1.28. The van der Waals surface area contributed by atoms with Crippen LogP contribution in [-0.2, 0) is 4.74 Å². The Morgan fingerprint density at radius 3 is 2.94 bits per heavy atom. The van der Waals surface area contributed by atoms with Crippen LogP contribution in [0.25, 0.3) is 0 Å². The Bertz CT molecular complexity index is 486. The molecule has 1 aromatic rings. The molecule has 1 aliphatic heterocycles. The van der Waals surface area contributed by atoms with Crippen LogP contribution in [0.2, 0.25) is 0 Å². The summed E-state index contributed by atoms with van der Waals surface area (Å²) in [7, 11) is 0. The molecule has 0 radical (unpaired) electrons. The first-order valence-electron chi connectivity index (χ1n) is 5.26. The van der Waals surface area contributed by atoms with Crippen molar-refractivity contribution in [2.24, 2.45) is 0 Å². The number of aliphatic hydroxyl groups is 1.